The largest absolute Gasteiger partial charge is 0.489 e. The fourth-order valence-electron chi connectivity index (χ4n) is 2.05. The number of halogens is 2. The van der Waals surface area contributed by atoms with Crippen molar-refractivity contribution < 1.29 is 18.4 Å². The van der Waals surface area contributed by atoms with Gasteiger partial charge in [-0.25, -0.2) is 9.37 Å². The highest BCUT2D eigenvalue weighted by atomic mass is 35.5. The smallest absolute Gasteiger partial charge is 0.279 e. The Morgan fingerprint density at radius 2 is 2.04 bits per heavy atom. The van der Waals surface area contributed by atoms with E-state index in [-0.39, 0.29) is 18.1 Å². The second kappa shape index (κ2) is 7.31. The van der Waals surface area contributed by atoms with Gasteiger partial charge in [-0.1, -0.05) is 16.8 Å². The molecule has 1 amide bonds. The molecule has 128 valence electrons. The fraction of sp³-hybridized carbons (Fsp3) is 0.118. The highest BCUT2D eigenvalue weighted by molar-refractivity contribution is 6.30. The molecule has 3 aromatic rings. The quantitative estimate of drug-likeness (QED) is 0.743. The van der Waals surface area contributed by atoms with E-state index in [4.69, 9.17) is 20.9 Å². The van der Waals surface area contributed by atoms with Crippen molar-refractivity contribution in [1.82, 2.24) is 10.1 Å². The predicted octanol–water partition coefficient (Wildman–Crippen LogP) is 4.00. The Morgan fingerprint density at radius 1 is 1.28 bits per heavy atom. The molecule has 0 saturated carbocycles. The minimum absolute atomic E-state index is 0.0533. The number of aryl methyl sites for hydroxylation is 1. The molecule has 0 atom stereocenters. The highest BCUT2D eigenvalue weighted by Gasteiger charge is 2.21. The molecule has 6 nitrogen and oxygen atoms in total. The molecule has 3 rings (SSSR count). The van der Waals surface area contributed by atoms with Crippen LogP contribution in [0.2, 0.25) is 5.02 Å². The first-order valence-electron chi connectivity index (χ1n) is 7.29. The number of nitrogens with one attached hydrogen (secondary N) is 1. The van der Waals surface area contributed by atoms with Crippen molar-refractivity contribution in [1.29, 1.82) is 0 Å². The van der Waals surface area contributed by atoms with Gasteiger partial charge < -0.3 is 14.6 Å². The van der Waals surface area contributed by atoms with Crippen molar-refractivity contribution in [2.24, 2.45) is 0 Å². The van der Waals surface area contributed by atoms with Crippen LogP contribution in [0.15, 0.2) is 47.1 Å². The van der Waals surface area contributed by atoms with Crippen molar-refractivity contribution in [3.8, 4) is 5.75 Å². The Hall–Kier alpha value is -2.93. The fourth-order valence-corrected chi connectivity index (χ4v) is 2.16. The first kappa shape index (κ1) is 16.9. The Bertz CT molecular complexity index is 879. The molecular formula is C17H13ClFN3O3. The normalized spacial score (nSPS) is 10.5. The summed E-state index contributed by atoms with van der Waals surface area (Å²) >= 11 is 5.76. The lowest BCUT2D eigenvalue weighted by Crippen LogP contribution is -2.16. The van der Waals surface area contributed by atoms with Crippen LogP contribution in [0.1, 0.15) is 21.8 Å². The molecule has 1 aromatic carbocycles. The summed E-state index contributed by atoms with van der Waals surface area (Å²) in [6.07, 6.45) is 1.42. The summed E-state index contributed by atoms with van der Waals surface area (Å²) in [4.78, 5) is 16.4. The summed E-state index contributed by atoms with van der Waals surface area (Å²) in [5.74, 6) is 0.415. The second-order valence-corrected chi connectivity index (χ2v) is 5.56. The Balaban J connectivity index is 1.72. The van der Waals surface area contributed by atoms with Gasteiger partial charge in [0.1, 0.15) is 29.8 Å². The second-order valence-electron chi connectivity index (χ2n) is 5.12. The van der Waals surface area contributed by atoms with Crippen molar-refractivity contribution in [2.75, 3.05) is 5.32 Å². The van der Waals surface area contributed by atoms with Gasteiger partial charge in [0.15, 0.2) is 5.69 Å². The molecule has 8 heteroatoms. The molecule has 0 spiro atoms. The number of ether oxygens (including phenoxy) is 1. The van der Waals surface area contributed by atoms with Crippen LogP contribution in [0.5, 0.6) is 5.75 Å². The molecule has 0 aliphatic carbocycles. The number of hydrogen-bond donors (Lipinski definition) is 1. The van der Waals surface area contributed by atoms with Crippen molar-refractivity contribution in [3.05, 3.63) is 70.5 Å². The van der Waals surface area contributed by atoms with Crippen molar-refractivity contribution in [2.45, 2.75) is 13.5 Å². The van der Waals surface area contributed by atoms with Crippen molar-refractivity contribution >= 4 is 23.3 Å². The summed E-state index contributed by atoms with van der Waals surface area (Å²) in [6.45, 7) is 1.73. The van der Waals surface area contributed by atoms with Gasteiger partial charge in [-0.15, -0.1) is 0 Å². The van der Waals surface area contributed by atoms with E-state index in [1.54, 1.807) is 19.1 Å². The lowest BCUT2D eigenvalue weighted by atomic mass is 10.2. The van der Waals surface area contributed by atoms with Gasteiger partial charge in [0, 0.05) is 6.20 Å². The van der Waals surface area contributed by atoms with E-state index in [9.17, 15) is 9.18 Å². The number of rotatable bonds is 5. The zero-order valence-corrected chi connectivity index (χ0v) is 13.9. The Labute approximate surface area is 147 Å². The molecule has 0 fully saturated rings. The number of carbonyl (C=O) groups excluding carboxylic acids is 1. The van der Waals surface area contributed by atoms with Crippen LogP contribution in [0.4, 0.5) is 10.2 Å². The lowest BCUT2D eigenvalue weighted by molar-refractivity contribution is 0.101. The number of nitrogens with zero attached hydrogens (tertiary/aromatic N) is 2. The Kier molecular flexibility index (Phi) is 4.95. The zero-order valence-electron chi connectivity index (χ0n) is 13.1. The van der Waals surface area contributed by atoms with E-state index < -0.39 is 5.91 Å². The number of amides is 1. The molecule has 25 heavy (non-hydrogen) atoms. The molecule has 0 saturated heterocycles. The Morgan fingerprint density at radius 3 is 2.72 bits per heavy atom. The van der Waals surface area contributed by atoms with E-state index in [0.717, 1.165) is 0 Å². The van der Waals surface area contributed by atoms with Crippen LogP contribution in [-0.2, 0) is 6.61 Å². The van der Waals surface area contributed by atoms with Gasteiger partial charge in [0.25, 0.3) is 5.91 Å². The number of anilines is 1. The summed E-state index contributed by atoms with van der Waals surface area (Å²) in [7, 11) is 0. The van der Waals surface area contributed by atoms with Gasteiger partial charge in [-0.3, -0.25) is 4.79 Å². The molecule has 0 unspecified atom stereocenters. The molecule has 1 N–H and O–H groups in total. The molecule has 2 heterocycles. The van der Waals surface area contributed by atoms with Crippen LogP contribution in [-0.4, -0.2) is 16.0 Å². The lowest BCUT2D eigenvalue weighted by Gasteiger charge is -2.07. The van der Waals surface area contributed by atoms with Gasteiger partial charge in [-0.05, 0) is 43.3 Å². The summed E-state index contributed by atoms with van der Waals surface area (Å²) < 4.78 is 23.6. The van der Waals surface area contributed by atoms with Gasteiger partial charge in [0.2, 0.25) is 0 Å². The first-order valence-corrected chi connectivity index (χ1v) is 7.67. The number of pyridine rings is 1. The standard InChI is InChI=1S/C17H13ClFN3O3/c1-10-14(9-24-13-5-3-12(19)4-6-13)16(22-25-10)17(23)21-15-7-2-11(18)8-20-15/h2-8H,9H2,1H3,(H,20,21,23). The summed E-state index contributed by atoms with van der Waals surface area (Å²) in [5.41, 5.74) is 0.590. The van der Waals surface area contributed by atoms with E-state index in [2.05, 4.69) is 15.5 Å². The summed E-state index contributed by atoms with van der Waals surface area (Å²) in [6, 6.07) is 8.75. The van der Waals surface area contributed by atoms with E-state index in [1.807, 2.05) is 0 Å². The maximum atomic E-state index is 12.9. The van der Waals surface area contributed by atoms with Crippen LogP contribution in [0.25, 0.3) is 0 Å². The van der Waals surface area contributed by atoms with Gasteiger partial charge >= 0.3 is 0 Å². The van der Waals surface area contributed by atoms with E-state index in [1.165, 1.54) is 30.5 Å². The monoisotopic (exact) mass is 361 g/mol. The summed E-state index contributed by atoms with van der Waals surface area (Å²) in [5, 5.41) is 6.85. The zero-order chi connectivity index (χ0) is 17.8. The maximum Gasteiger partial charge on any atom is 0.279 e. The molecule has 0 aliphatic heterocycles. The van der Waals surface area contributed by atoms with E-state index >= 15 is 0 Å². The molecule has 0 aliphatic rings. The number of aromatic nitrogens is 2. The number of benzene rings is 1. The molecule has 0 radical (unpaired) electrons. The predicted molar refractivity (Wildman–Crippen MR) is 89.2 cm³/mol. The number of carbonyl (C=O) groups is 1. The highest BCUT2D eigenvalue weighted by Crippen LogP contribution is 2.19. The minimum atomic E-state index is -0.482. The SMILES string of the molecule is Cc1onc(C(=O)Nc2ccc(Cl)cn2)c1COc1ccc(F)cc1. The van der Waals surface area contributed by atoms with Crippen LogP contribution < -0.4 is 10.1 Å². The topological polar surface area (TPSA) is 77.3 Å². The molecule has 2 aromatic heterocycles. The minimum Gasteiger partial charge on any atom is -0.489 e. The number of hydrogen-bond acceptors (Lipinski definition) is 5. The van der Waals surface area contributed by atoms with Crippen LogP contribution >= 0.6 is 11.6 Å². The average Bonchev–Trinajstić information content (AvgIpc) is 2.97. The van der Waals surface area contributed by atoms with Crippen LogP contribution in [0.3, 0.4) is 0 Å². The van der Waals surface area contributed by atoms with Gasteiger partial charge in [-0.2, -0.15) is 0 Å². The molecular weight excluding hydrogens is 349 g/mol. The van der Waals surface area contributed by atoms with Gasteiger partial charge in [0.05, 0.1) is 10.6 Å². The third kappa shape index (κ3) is 4.13. The van der Waals surface area contributed by atoms with Crippen molar-refractivity contribution in [3.63, 3.8) is 0 Å². The third-order valence-electron chi connectivity index (χ3n) is 3.37. The molecule has 0 bridgehead atoms. The van der Waals surface area contributed by atoms with Crippen LogP contribution in [0, 0.1) is 12.7 Å². The maximum absolute atomic E-state index is 12.9. The van der Waals surface area contributed by atoms with E-state index in [0.29, 0.717) is 27.9 Å². The first-order chi connectivity index (χ1) is 12.0. The average molecular weight is 362 g/mol. The third-order valence-corrected chi connectivity index (χ3v) is 3.59.